The number of hydrogen-bond donors (Lipinski definition) is 2. The number of benzene rings is 4. The van der Waals surface area contributed by atoms with E-state index in [2.05, 4.69) is 0 Å². The molecule has 2 N–H and O–H groups in total. The molecule has 0 amide bonds. The Kier molecular flexibility index (Phi) is 14.7. The van der Waals surface area contributed by atoms with E-state index in [1.807, 2.05) is 36.4 Å². The number of hydrogen-bond acceptors (Lipinski definition) is 13. The summed E-state index contributed by atoms with van der Waals surface area (Å²) in [4.78, 5) is 23.9. The van der Waals surface area contributed by atoms with Gasteiger partial charge in [0.15, 0.2) is 12.1 Å². The number of phenols is 2. The number of halogens is 2. The van der Waals surface area contributed by atoms with Crippen LogP contribution in [0.5, 0.6) is 28.7 Å². The van der Waals surface area contributed by atoms with E-state index in [9.17, 15) is 24.4 Å². The summed E-state index contributed by atoms with van der Waals surface area (Å²) in [6.45, 7) is 8.05. The van der Waals surface area contributed by atoms with Crippen molar-refractivity contribution in [3.05, 3.63) is 111 Å². The highest BCUT2D eigenvalue weighted by atomic mass is 35.5. The van der Waals surface area contributed by atoms with E-state index in [1.165, 1.54) is 24.3 Å². The van der Waals surface area contributed by atoms with Crippen LogP contribution < -0.4 is 9.47 Å². The fraction of sp³-hybridized carbons (Fsp3) is 0.333. The van der Waals surface area contributed by atoms with E-state index in [1.54, 1.807) is 59.7 Å². The quantitative estimate of drug-likeness (QED) is 0.0661. The van der Waals surface area contributed by atoms with Gasteiger partial charge in [-0.15, -0.1) is 0 Å². The summed E-state index contributed by atoms with van der Waals surface area (Å²) in [5.41, 5.74) is 1.47. The summed E-state index contributed by atoms with van der Waals surface area (Å²) in [5.74, 6) is 0.616. The normalized spacial score (nSPS) is 11.8. The molecule has 0 aliphatic carbocycles. The fourth-order valence-corrected chi connectivity index (χ4v) is 6.16. The summed E-state index contributed by atoms with van der Waals surface area (Å²) in [6, 6.07) is 22.4. The summed E-state index contributed by atoms with van der Waals surface area (Å²) < 4.78 is 55.4. The van der Waals surface area contributed by atoms with Crippen molar-refractivity contribution in [1.29, 1.82) is 0 Å². The molecular formula is C39H43Cl2O13P. The Morgan fingerprint density at radius 2 is 1.16 bits per heavy atom. The lowest BCUT2D eigenvalue weighted by Crippen LogP contribution is -2.25. The van der Waals surface area contributed by atoms with Crippen LogP contribution in [-0.4, -0.2) is 53.7 Å². The van der Waals surface area contributed by atoms with E-state index in [-0.39, 0.29) is 33.0 Å². The number of aromatic hydroxyl groups is 2. The molecule has 0 fully saturated rings. The molecule has 4 aromatic rings. The van der Waals surface area contributed by atoms with Crippen molar-refractivity contribution in [3.8, 4) is 28.7 Å². The Morgan fingerprint density at radius 3 is 1.71 bits per heavy atom. The topological polar surface area (TPSA) is 166 Å². The molecule has 55 heavy (non-hydrogen) atoms. The molecule has 0 radical (unpaired) electrons. The standard InChI is InChI=1S/C39H43Cl2O13P/c1-38(2,3)53-36(44)47-22-50-55(46,51-23-48-37(45)54-39(4,5)6)24-49-30-20-31(40)35(32(41)21-30)52-29-13-15-34(43)28(19-29)18-26-12-14-33(42)27(17-26)16-25-10-8-7-9-11-25/h7-15,17,19-21,42-43H,16,18,22-24H2,1-6H3. The number of carbonyl (C=O) groups excluding carboxylic acids is 2. The minimum Gasteiger partial charge on any atom is -0.508 e. The highest BCUT2D eigenvalue weighted by Gasteiger charge is 2.30. The predicted molar refractivity (Wildman–Crippen MR) is 204 cm³/mol. The van der Waals surface area contributed by atoms with Crippen molar-refractivity contribution < 1.29 is 61.8 Å². The first-order valence-electron chi connectivity index (χ1n) is 16.8. The van der Waals surface area contributed by atoms with E-state index < -0.39 is 51.0 Å². The van der Waals surface area contributed by atoms with Crippen LogP contribution in [0.3, 0.4) is 0 Å². The third-order valence-corrected chi connectivity index (χ3v) is 9.04. The van der Waals surface area contributed by atoms with Crippen LogP contribution in [0.2, 0.25) is 10.0 Å². The molecule has 0 aliphatic heterocycles. The molecule has 0 saturated heterocycles. The molecule has 4 rings (SSSR count). The minimum atomic E-state index is -4.30. The van der Waals surface area contributed by atoms with Crippen molar-refractivity contribution >= 4 is 43.1 Å². The maximum atomic E-state index is 13.5. The molecule has 4 aromatic carbocycles. The van der Waals surface area contributed by atoms with Crippen molar-refractivity contribution in [3.63, 3.8) is 0 Å². The zero-order chi connectivity index (χ0) is 40.4. The van der Waals surface area contributed by atoms with Crippen LogP contribution >= 0.6 is 30.8 Å². The van der Waals surface area contributed by atoms with Crippen molar-refractivity contribution in [2.75, 3.05) is 19.9 Å². The van der Waals surface area contributed by atoms with E-state index in [0.29, 0.717) is 24.2 Å². The first-order valence-corrected chi connectivity index (χ1v) is 19.3. The van der Waals surface area contributed by atoms with Crippen LogP contribution in [0.25, 0.3) is 0 Å². The minimum absolute atomic E-state index is 0.0133. The van der Waals surface area contributed by atoms with Crippen molar-refractivity contribution in [2.24, 2.45) is 0 Å². The third-order valence-electron chi connectivity index (χ3n) is 7.04. The number of phenolic OH excluding ortho intramolecular Hbond substituents is 2. The molecule has 16 heteroatoms. The van der Waals surface area contributed by atoms with E-state index in [0.717, 1.165) is 16.7 Å². The molecule has 13 nitrogen and oxygen atoms in total. The van der Waals surface area contributed by atoms with Gasteiger partial charge in [0, 0.05) is 30.5 Å². The molecule has 0 atom stereocenters. The summed E-state index contributed by atoms with van der Waals surface area (Å²) in [5, 5.41) is 21.2. The molecular weight excluding hydrogens is 778 g/mol. The molecule has 0 spiro atoms. The van der Waals surface area contributed by atoms with E-state index in [4.69, 9.17) is 60.7 Å². The van der Waals surface area contributed by atoms with Gasteiger partial charge in [-0.3, -0.25) is 13.6 Å². The lowest BCUT2D eigenvalue weighted by atomic mass is 9.98. The average Bonchev–Trinajstić information content (AvgIpc) is 3.07. The second kappa shape index (κ2) is 18.8. The Bertz CT molecular complexity index is 1930. The Balaban J connectivity index is 1.44. The van der Waals surface area contributed by atoms with Gasteiger partial charge in [-0.05, 0) is 82.5 Å². The van der Waals surface area contributed by atoms with Crippen LogP contribution in [0.4, 0.5) is 9.59 Å². The lowest BCUT2D eigenvalue weighted by Gasteiger charge is -2.22. The Labute approximate surface area is 329 Å². The first-order chi connectivity index (χ1) is 25.8. The van der Waals surface area contributed by atoms with Crippen LogP contribution in [0.1, 0.15) is 63.8 Å². The van der Waals surface area contributed by atoms with Gasteiger partial charge in [0.25, 0.3) is 0 Å². The largest absolute Gasteiger partial charge is 0.510 e. The second-order valence-electron chi connectivity index (χ2n) is 14.0. The molecule has 0 heterocycles. The first kappa shape index (κ1) is 43.1. The van der Waals surface area contributed by atoms with Gasteiger partial charge in [-0.25, -0.2) is 9.59 Å². The molecule has 296 valence electrons. The highest BCUT2D eigenvalue weighted by molar-refractivity contribution is 7.53. The molecule has 0 unspecified atom stereocenters. The van der Waals surface area contributed by atoms with Crippen molar-refractivity contribution in [2.45, 2.75) is 65.6 Å². The zero-order valence-electron chi connectivity index (χ0n) is 31.1. The van der Waals surface area contributed by atoms with Crippen LogP contribution in [-0.2, 0) is 45.4 Å². The number of carbonyl (C=O) groups is 2. The number of rotatable bonds is 15. The zero-order valence-corrected chi connectivity index (χ0v) is 33.5. The van der Waals surface area contributed by atoms with Gasteiger partial charge in [0.05, 0.1) is 10.0 Å². The summed E-state index contributed by atoms with van der Waals surface area (Å²) in [7, 11) is -4.30. The monoisotopic (exact) mass is 820 g/mol. The molecule has 0 bridgehead atoms. The molecule has 0 aromatic heterocycles. The fourth-order valence-electron chi connectivity index (χ4n) is 4.66. The Hall–Kier alpha value is -4.65. The predicted octanol–water partition coefficient (Wildman–Crippen LogP) is 10.8. The maximum Gasteiger partial charge on any atom is 0.510 e. The SMILES string of the molecule is CC(C)(C)OC(=O)OCOP(=O)(COc1cc(Cl)c(Oc2ccc(O)c(Cc3ccc(O)c(Cc4ccccc4)c3)c2)c(Cl)c1)OCOC(=O)OC(C)(C)C. The van der Waals surface area contributed by atoms with Gasteiger partial charge in [0.1, 0.15) is 34.2 Å². The van der Waals surface area contributed by atoms with Crippen molar-refractivity contribution in [1.82, 2.24) is 0 Å². The Morgan fingerprint density at radius 1 is 0.655 bits per heavy atom. The molecule has 0 aliphatic rings. The molecule has 0 saturated carbocycles. The van der Waals surface area contributed by atoms with E-state index >= 15 is 0 Å². The average molecular weight is 822 g/mol. The summed E-state index contributed by atoms with van der Waals surface area (Å²) in [6.07, 6.45) is -2.08. The van der Waals surface area contributed by atoms with Crippen LogP contribution in [0, 0.1) is 0 Å². The highest BCUT2D eigenvalue weighted by Crippen LogP contribution is 2.49. The van der Waals surface area contributed by atoms with Gasteiger partial charge < -0.3 is 38.6 Å². The number of ether oxygens (including phenoxy) is 6. The summed E-state index contributed by atoms with van der Waals surface area (Å²) >= 11 is 13.1. The smallest absolute Gasteiger partial charge is 0.508 e. The third kappa shape index (κ3) is 14.5. The van der Waals surface area contributed by atoms with Gasteiger partial charge in [0.2, 0.25) is 13.6 Å². The van der Waals surface area contributed by atoms with Gasteiger partial charge in [-0.1, -0.05) is 65.7 Å². The lowest BCUT2D eigenvalue weighted by molar-refractivity contribution is -0.0525. The van der Waals surface area contributed by atoms with Crippen LogP contribution in [0.15, 0.2) is 78.9 Å². The van der Waals surface area contributed by atoms with Gasteiger partial charge in [-0.2, -0.15) is 0 Å². The second-order valence-corrected chi connectivity index (χ2v) is 16.8. The maximum absolute atomic E-state index is 13.5. The van der Waals surface area contributed by atoms with Gasteiger partial charge >= 0.3 is 19.9 Å².